The second-order valence-corrected chi connectivity index (χ2v) is 7.75. The van der Waals surface area contributed by atoms with Gasteiger partial charge in [-0.3, -0.25) is 4.79 Å². The van der Waals surface area contributed by atoms with Gasteiger partial charge >= 0.3 is 0 Å². The molecule has 2 nitrogen and oxygen atoms in total. The van der Waals surface area contributed by atoms with Crippen LogP contribution in [-0.4, -0.2) is 23.9 Å². The van der Waals surface area contributed by atoms with Crippen molar-refractivity contribution < 1.29 is 4.79 Å². The molecule has 0 aromatic heterocycles. The van der Waals surface area contributed by atoms with Crippen LogP contribution in [0.1, 0.15) is 49.4 Å². The number of rotatable bonds is 9. The normalized spacial score (nSPS) is 12.0. The molecule has 0 spiro atoms. The summed E-state index contributed by atoms with van der Waals surface area (Å²) in [5, 5.41) is 0. The van der Waals surface area contributed by atoms with Crippen molar-refractivity contribution in [2.75, 3.05) is 13.1 Å². The van der Waals surface area contributed by atoms with Crippen LogP contribution in [0.2, 0.25) is 0 Å². The van der Waals surface area contributed by atoms with Crippen LogP contribution >= 0.6 is 0 Å². The molecule has 1 amide bonds. The maximum absolute atomic E-state index is 12.2. The molecular weight excluding hydrogens is 390 g/mol. The van der Waals surface area contributed by atoms with Gasteiger partial charge in [-0.1, -0.05) is 97.9 Å². The lowest BCUT2D eigenvalue weighted by Gasteiger charge is -2.17. The lowest BCUT2D eigenvalue weighted by molar-refractivity contribution is -0.125. The van der Waals surface area contributed by atoms with E-state index in [9.17, 15) is 4.79 Å². The van der Waals surface area contributed by atoms with Gasteiger partial charge in [-0.25, -0.2) is 0 Å². The standard InChI is InChI=1S/C30H33NO/c1-4-28(25-15-9-7-10-16-25)30(26-17-11-8-12-18-26)27-22-20-24(21-23-27)14-13-19-29(32)31(5-2)6-3/h7-13,15-23H,4-6,14H2,1-3H3. The van der Waals surface area contributed by atoms with Gasteiger partial charge in [-0.05, 0) is 66.2 Å². The van der Waals surface area contributed by atoms with Crippen LogP contribution in [0.4, 0.5) is 0 Å². The molecule has 164 valence electrons. The molecule has 3 aromatic rings. The first-order chi connectivity index (χ1) is 15.7. The van der Waals surface area contributed by atoms with E-state index in [-0.39, 0.29) is 5.91 Å². The van der Waals surface area contributed by atoms with Gasteiger partial charge in [-0.15, -0.1) is 0 Å². The Morgan fingerprint density at radius 2 is 1.25 bits per heavy atom. The van der Waals surface area contributed by atoms with E-state index in [1.54, 1.807) is 6.08 Å². The molecule has 0 aliphatic rings. The van der Waals surface area contributed by atoms with Crippen LogP contribution in [0.15, 0.2) is 97.1 Å². The SMILES string of the molecule is CCC(=C(c1ccccc1)c1ccc(CC=CC(=O)N(CC)CC)cc1)c1ccccc1. The van der Waals surface area contributed by atoms with Crippen LogP contribution < -0.4 is 0 Å². The zero-order chi connectivity index (χ0) is 22.8. The molecule has 0 atom stereocenters. The third-order valence-electron chi connectivity index (χ3n) is 5.77. The predicted octanol–water partition coefficient (Wildman–Crippen LogP) is 7.02. The highest BCUT2D eigenvalue weighted by atomic mass is 16.2. The number of amides is 1. The van der Waals surface area contributed by atoms with E-state index in [1.165, 1.54) is 33.4 Å². The van der Waals surface area contributed by atoms with E-state index in [0.717, 1.165) is 25.9 Å². The summed E-state index contributed by atoms with van der Waals surface area (Å²) in [6.07, 6.45) is 5.36. The topological polar surface area (TPSA) is 20.3 Å². The summed E-state index contributed by atoms with van der Waals surface area (Å²) in [4.78, 5) is 14.0. The minimum Gasteiger partial charge on any atom is -0.340 e. The van der Waals surface area contributed by atoms with E-state index >= 15 is 0 Å². The molecule has 0 fully saturated rings. The van der Waals surface area contributed by atoms with Crippen LogP contribution in [0.5, 0.6) is 0 Å². The van der Waals surface area contributed by atoms with Crippen LogP contribution in [0, 0.1) is 0 Å². The van der Waals surface area contributed by atoms with Gasteiger partial charge in [0.05, 0.1) is 0 Å². The second-order valence-electron chi connectivity index (χ2n) is 7.75. The first kappa shape index (κ1) is 23.3. The zero-order valence-corrected chi connectivity index (χ0v) is 19.4. The van der Waals surface area contributed by atoms with E-state index in [2.05, 4.69) is 91.9 Å². The molecule has 0 saturated carbocycles. The molecule has 0 radical (unpaired) electrons. The molecule has 2 heteroatoms. The van der Waals surface area contributed by atoms with Gasteiger partial charge in [0.2, 0.25) is 5.91 Å². The predicted molar refractivity (Wildman–Crippen MR) is 136 cm³/mol. The van der Waals surface area contributed by atoms with E-state index < -0.39 is 0 Å². The average Bonchev–Trinajstić information content (AvgIpc) is 2.85. The fourth-order valence-corrected chi connectivity index (χ4v) is 4.03. The molecule has 0 aliphatic carbocycles. The maximum atomic E-state index is 12.2. The maximum Gasteiger partial charge on any atom is 0.246 e. The average molecular weight is 424 g/mol. The minimum absolute atomic E-state index is 0.0800. The number of carbonyl (C=O) groups excluding carboxylic acids is 1. The minimum atomic E-state index is 0.0800. The number of hydrogen-bond acceptors (Lipinski definition) is 1. The van der Waals surface area contributed by atoms with Gasteiger partial charge in [-0.2, -0.15) is 0 Å². The Hall–Kier alpha value is -3.39. The van der Waals surface area contributed by atoms with Crippen LogP contribution in [0.3, 0.4) is 0 Å². The monoisotopic (exact) mass is 423 g/mol. The Bertz CT molecular complexity index is 1040. The van der Waals surface area contributed by atoms with Gasteiger partial charge < -0.3 is 4.90 Å². The third kappa shape index (κ3) is 5.85. The van der Waals surface area contributed by atoms with Crippen molar-refractivity contribution in [1.29, 1.82) is 0 Å². The molecule has 0 aliphatic heterocycles. The quantitative estimate of drug-likeness (QED) is 0.267. The molecule has 0 unspecified atom stereocenters. The van der Waals surface area contributed by atoms with E-state index in [1.807, 2.05) is 24.8 Å². The van der Waals surface area contributed by atoms with Crippen molar-refractivity contribution in [1.82, 2.24) is 4.90 Å². The summed E-state index contributed by atoms with van der Waals surface area (Å²) in [5.41, 5.74) is 7.51. The fourth-order valence-electron chi connectivity index (χ4n) is 4.03. The number of hydrogen-bond donors (Lipinski definition) is 0. The lowest BCUT2D eigenvalue weighted by atomic mass is 9.88. The smallest absolute Gasteiger partial charge is 0.246 e. The summed E-state index contributed by atoms with van der Waals surface area (Å²) in [7, 11) is 0. The summed E-state index contributed by atoms with van der Waals surface area (Å²) >= 11 is 0. The molecule has 0 N–H and O–H groups in total. The Balaban J connectivity index is 1.91. The van der Waals surface area contributed by atoms with Crippen molar-refractivity contribution in [3.8, 4) is 0 Å². The zero-order valence-electron chi connectivity index (χ0n) is 19.4. The first-order valence-electron chi connectivity index (χ1n) is 11.6. The molecule has 3 rings (SSSR count). The summed E-state index contributed by atoms with van der Waals surface area (Å²) in [5.74, 6) is 0.0800. The van der Waals surface area contributed by atoms with Gasteiger partial charge in [0, 0.05) is 13.1 Å². The molecule has 32 heavy (non-hydrogen) atoms. The third-order valence-corrected chi connectivity index (χ3v) is 5.77. The largest absolute Gasteiger partial charge is 0.340 e. The van der Waals surface area contributed by atoms with Crippen molar-refractivity contribution in [3.05, 3.63) is 119 Å². The van der Waals surface area contributed by atoms with Crippen molar-refractivity contribution in [3.63, 3.8) is 0 Å². The van der Waals surface area contributed by atoms with Crippen molar-refractivity contribution >= 4 is 17.1 Å². The highest BCUT2D eigenvalue weighted by molar-refractivity contribution is 5.98. The second kappa shape index (κ2) is 11.9. The van der Waals surface area contributed by atoms with Crippen LogP contribution in [-0.2, 0) is 11.2 Å². The van der Waals surface area contributed by atoms with Crippen molar-refractivity contribution in [2.24, 2.45) is 0 Å². The molecule has 0 heterocycles. The number of nitrogens with zero attached hydrogens (tertiary/aromatic N) is 1. The number of benzene rings is 3. The highest BCUT2D eigenvalue weighted by Gasteiger charge is 2.12. The van der Waals surface area contributed by atoms with Gasteiger partial charge in [0.1, 0.15) is 0 Å². The Morgan fingerprint density at radius 1 is 0.719 bits per heavy atom. The Morgan fingerprint density at radius 3 is 1.78 bits per heavy atom. The lowest BCUT2D eigenvalue weighted by Crippen LogP contribution is -2.28. The van der Waals surface area contributed by atoms with Crippen LogP contribution in [0.25, 0.3) is 11.1 Å². The number of likely N-dealkylation sites (N-methyl/N-ethyl adjacent to an activating group) is 1. The molecule has 3 aromatic carbocycles. The summed E-state index contributed by atoms with van der Waals surface area (Å²) in [6, 6.07) is 30.0. The molecular formula is C30H33NO. The number of carbonyl (C=O) groups is 1. The van der Waals surface area contributed by atoms with E-state index in [4.69, 9.17) is 0 Å². The van der Waals surface area contributed by atoms with Crippen molar-refractivity contribution in [2.45, 2.75) is 33.6 Å². The van der Waals surface area contributed by atoms with Gasteiger partial charge in [0.25, 0.3) is 0 Å². The van der Waals surface area contributed by atoms with Gasteiger partial charge in [0.15, 0.2) is 0 Å². The Kier molecular flexibility index (Phi) is 8.62. The Labute approximate surface area is 192 Å². The molecule has 0 saturated heterocycles. The fraction of sp³-hybridized carbons (Fsp3) is 0.233. The molecule has 0 bridgehead atoms. The summed E-state index contributed by atoms with van der Waals surface area (Å²) < 4.78 is 0. The first-order valence-corrected chi connectivity index (χ1v) is 11.6. The van der Waals surface area contributed by atoms with E-state index in [0.29, 0.717) is 0 Å². The number of allylic oxidation sites excluding steroid dienone is 2. The summed E-state index contributed by atoms with van der Waals surface area (Å²) in [6.45, 7) is 7.71. The highest BCUT2D eigenvalue weighted by Crippen LogP contribution is 2.34.